The number of nitrogens with zero attached hydrogens (tertiary/aromatic N) is 3. The van der Waals surface area contributed by atoms with Crippen molar-refractivity contribution in [2.24, 2.45) is 0 Å². The highest BCUT2D eigenvalue weighted by atomic mass is 16.5. The van der Waals surface area contributed by atoms with E-state index in [4.69, 9.17) is 9.72 Å². The van der Waals surface area contributed by atoms with Gasteiger partial charge in [-0.1, -0.05) is 12.1 Å². The Labute approximate surface area is 161 Å². The van der Waals surface area contributed by atoms with Crippen LogP contribution in [0.1, 0.15) is 68.1 Å². The third kappa shape index (κ3) is 3.60. The van der Waals surface area contributed by atoms with Gasteiger partial charge in [-0.15, -0.1) is 0 Å². The SMILES string of the molecule is COc1cccc([C@@H](CC(=O)N2CCCC2)c2cnc3n2[C@@H](C)CCC3)c1. The molecule has 1 aromatic heterocycles. The van der Waals surface area contributed by atoms with Gasteiger partial charge in [-0.05, 0) is 50.3 Å². The molecule has 0 N–H and O–H groups in total. The normalized spacial score (nSPS) is 20.4. The molecule has 2 aliphatic heterocycles. The first-order valence-electron chi connectivity index (χ1n) is 10.1. The Morgan fingerprint density at radius 2 is 2.11 bits per heavy atom. The highest BCUT2D eigenvalue weighted by Gasteiger charge is 2.29. The lowest BCUT2D eigenvalue weighted by molar-refractivity contribution is -0.130. The number of aryl methyl sites for hydroxylation is 1. The molecule has 2 aromatic rings. The average Bonchev–Trinajstić information content (AvgIpc) is 3.37. The summed E-state index contributed by atoms with van der Waals surface area (Å²) in [5, 5.41) is 0. The van der Waals surface area contributed by atoms with Gasteiger partial charge in [-0.3, -0.25) is 4.79 Å². The van der Waals surface area contributed by atoms with E-state index in [9.17, 15) is 4.79 Å². The number of likely N-dealkylation sites (tertiary alicyclic amines) is 1. The van der Waals surface area contributed by atoms with Gasteiger partial charge < -0.3 is 14.2 Å². The second-order valence-electron chi connectivity index (χ2n) is 7.83. The predicted molar refractivity (Wildman–Crippen MR) is 105 cm³/mol. The largest absolute Gasteiger partial charge is 0.497 e. The number of fused-ring (bicyclic) bond motifs is 1. The van der Waals surface area contributed by atoms with Crippen LogP contribution in [0.4, 0.5) is 0 Å². The lowest BCUT2D eigenvalue weighted by Crippen LogP contribution is -2.30. The fourth-order valence-electron chi connectivity index (χ4n) is 4.57. The quantitative estimate of drug-likeness (QED) is 0.804. The van der Waals surface area contributed by atoms with Crippen molar-refractivity contribution in [1.82, 2.24) is 14.5 Å². The summed E-state index contributed by atoms with van der Waals surface area (Å²) in [4.78, 5) is 19.7. The van der Waals surface area contributed by atoms with Crippen LogP contribution in [-0.2, 0) is 11.2 Å². The summed E-state index contributed by atoms with van der Waals surface area (Å²) in [7, 11) is 1.69. The van der Waals surface area contributed by atoms with Crippen LogP contribution in [0.3, 0.4) is 0 Å². The van der Waals surface area contributed by atoms with E-state index in [0.717, 1.165) is 55.2 Å². The summed E-state index contributed by atoms with van der Waals surface area (Å²) < 4.78 is 7.82. The number of aromatic nitrogens is 2. The van der Waals surface area contributed by atoms with Crippen LogP contribution >= 0.6 is 0 Å². The highest BCUT2D eigenvalue weighted by Crippen LogP contribution is 2.36. The van der Waals surface area contributed by atoms with Gasteiger partial charge in [0.25, 0.3) is 0 Å². The second-order valence-corrected chi connectivity index (χ2v) is 7.83. The van der Waals surface area contributed by atoms with Crippen molar-refractivity contribution in [3.8, 4) is 5.75 Å². The molecular weight excluding hydrogens is 338 g/mol. The topological polar surface area (TPSA) is 47.4 Å². The average molecular weight is 367 g/mol. The van der Waals surface area contributed by atoms with E-state index in [1.807, 2.05) is 23.2 Å². The van der Waals surface area contributed by atoms with Crippen LogP contribution in [0, 0.1) is 0 Å². The van der Waals surface area contributed by atoms with E-state index >= 15 is 0 Å². The molecule has 1 amide bonds. The Hall–Kier alpha value is -2.30. The number of ether oxygens (including phenoxy) is 1. The molecule has 1 fully saturated rings. The van der Waals surface area contributed by atoms with Crippen LogP contribution in [0.5, 0.6) is 5.75 Å². The number of rotatable bonds is 5. The lowest BCUT2D eigenvalue weighted by atomic mass is 9.91. The molecule has 0 bridgehead atoms. The Morgan fingerprint density at radius 3 is 2.89 bits per heavy atom. The molecule has 2 atom stereocenters. The van der Waals surface area contributed by atoms with E-state index < -0.39 is 0 Å². The summed E-state index contributed by atoms with van der Waals surface area (Å²) >= 11 is 0. The highest BCUT2D eigenvalue weighted by molar-refractivity contribution is 5.78. The van der Waals surface area contributed by atoms with Crippen molar-refractivity contribution in [3.05, 3.63) is 47.5 Å². The molecule has 1 aromatic carbocycles. The molecule has 0 saturated carbocycles. The number of amides is 1. The molecule has 3 heterocycles. The molecular formula is C22H29N3O2. The van der Waals surface area contributed by atoms with Crippen LogP contribution < -0.4 is 4.74 Å². The zero-order chi connectivity index (χ0) is 18.8. The van der Waals surface area contributed by atoms with Gasteiger partial charge in [-0.2, -0.15) is 0 Å². The molecule has 0 unspecified atom stereocenters. The molecule has 5 heteroatoms. The van der Waals surface area contributed by atoms with E-state index in [1.54, 1.807) is 7.11 Å². The number of methoxy groups -OCH3 is 1. The maximum Gasteiger partial charge on any atom is 0.223 e. The first-order valence-corrected chi connectivity index (χ1v) is 10.1. The van der Waals surface area contributed by atoms with Gasteiger partial charge in [-0.25, -0.2) is 4.98 Å². The van der Waals surface area contributed by atoms with Crippen LogP contribution in [0.25, 0.3) is 0 Å². The minimum absolute atomic E-state index is 0.00926. The van der Waals surface area contributed by atoms with E-state index in [1.165, 1.54) is 12.8 Å². The van der Waals surface area contributed by atoms with Crippen molar-refractivity contribution < 1.29 is 9.53 Å². The first kappa shape index (κ1) is 18.1. The lowest BCUT2D eigenvalue weighted by Gasteiger charge is -2.28. The van der Waals surface area contributed by atoms with E-state index in [-0.39, 0.29) is 11.8 Å². The Bertz CT molecular complexity index is 808. The molecule has 0 spiro atoms. The van der Waals surface area contributed by atoms with Gasteiger partial charge in [0, 0.05) is 49.8 Å². The van der Waals surface area contributed by atoms with E-state index in [0.29, 0.717) is 12.5 Å². The summed E-state index contributed by atoms with van der Waals surface area (Å²) in [6, 6.07) is 8.57. The molecule has 27 heavy (non-hydrogen) atoms. The Kier molecular flexibility index (Phi) is 5.19. The second kappa shape index (κ2) is 7.75. The number of benzene rings is 1. The summed E-state index contributed by atoms with van der Waals surface area (Å²) in [5.74, 6) is 2.25. The minimum atomic E-state index is 0.00926. The summed E-state index contributed by atoms with van der Waals surface area (Å²) in [6.07, 6.45) is 8.11. The van der Waals surface area contributed by atoms with Crippen LogP contribution in [0.15, 0.2) is 30.5 Å². The standard InChI is InChI=1S/C22H29N3O2/c1-16-7-5-10-21-23-15-20(25(16)21)19(14-22(26)24-11-3-4-12-24)17-8-6-9-18(13-17)27-2/h6,8-9,13,15-16,19H,3-5,7,10-12,14H2,1-2H3/t16-,19+/m0/s1. The zero-order valence-electron chi connectivity index (χ0n) is 16.4. The van der Waals surface area contributed by atoms with Gasteiger partial charge in [0.1, 0.15) is 11.6 Å². The zero-order valence-corrected chi connectivity index (χ0v) is 16.4. The van der Waals surface area contributed by atoms with Crippen LogP contribution in [0.2, 0.25) is 0 Å². The fraction of sp³-hybridized carbons (Fsp3) is 0.545. The van der Waals surface area contributed by atoms with Crippen molar-refractivity contribution >= 4 is 5.91 Å². The number of carbonyl (C=O) groups is 1. The molecule has 1 saturated heterocycles. The smallest absolute Gasteiger partial charge is 0.223 e. The van der Waals surface area contributed by atoms with Crippen molar-refractivity contribution in [2.45, 2.75) is 57.4 Å². The van der Waals surface area contributed by atoms with Gasteiger partial charge in [0.15, 0.2) is 0 Å². The monoisotopic (exact) mass is 367 g/mol. The van der Waals surface area contributed by atoms with Crippen molar-refractivity contribution in [1.29, 1.82) is 0 Å². The Balaban J connectivity index is 1.71. The number of imidazole rings is 1. The Morgan fingerprint density at radius 1 is 1.30 bits per heavy atom. The van der Waals surface area contributed by atoms with Gasteiger partial charge in [0.05, 0.1) is 7.11 Å². The van der Waals surface area contributed by atoms with E-state index in [2.05, 4.69) is 23.6 Å². The minimum Gasteiger partial charge on any atom is -0.497 e. The molecule has 0 aliphatic carbocycles. The van der Waals surface area contributed by atoms with Gasteiger partial charge in [0.2, 0.25) is 5.91 Å². The maximum atomic E-state index is 13.0. The fourth-order valence-corrected chi connectivity index (χ4v) is 4.57. The third-order valence-electron chi connectivity index (χ3n) is 6.06. The molecule has 5 nitrogen and oxygen atoms in total. The number of carbonyl (C=O) groups excluding carboxylic acids is 1. The van der Waals surface area contributed by atoms with Crippen molar-refractivity contribution in [2.75, 3.05) is 20.2 Å². The third-order valence-corrected chi connectivity index (χ3v) is 6.06. The van der Waals surface area contributed by atoms with Gasteiger partial charge >= 0.3 is 0 Å². The molecule has 0 radical (unpaired) electrons. The number of hydrogen-bond donors (Lipinski definition) is 0. The molecule has 2 aliphatic rings. The maximum absolute atomic E-state index is 13.0. The predicted octanol–water partition coefficient (Wildman–Crippen LogP) is 3.93. The molecule has 144 valence electrons. The van der Waals surface area contributed by atoms with Crippen molar-refractivity contribution in [3.63, 3.8) is 0 Å². The molecule has 4 rings (SSSR count). The summed E-state index contributed by atoms with van der Waals surface area (Å²) in [5.41, 5.74) is 2.29. The van der Waals surface area contributed by atoms with Crippen LogP contribution in [-0.4, -0.2) is 40.6 Å². The summed E-state index contributed by atoms with van der Waals surface area (Å²) in [6.45, 7) is 4.05. The number of hydrogen-bond acceptors (Lipinski definition) is 3. The first-order chi connectivity index (χ1) is 13.2.